The normalized spacial score (nSPS) is 10.3. The van der Waals surface area contributed by atoms with Crippen LogP contribution in [0.4, 0.5) is 8.78 Å². The Bertz CT molecular complexity index is 383. The van der Waals surface area contributed by atoms with E-state index in [9.17, 15) is 13.6 Å². The highest BCUT2D eigenvalue weighted by Gasteiger charge is 2.08. The lowest BCUT2D eigenvalue weighted by Gasteiger charge is -2.05. The van der Waals surface area contributed by atoms with Crippen LogP contribution in [-0.4, -0.2) is 26.2 Å². The fourth-order valence-electron chi connectivity index (χ4n) is 1.31. The maximum atomic E-state index is 12.9. The predicted octanol–water partition coefficient (Wildman–Crippen LogP) is 2.12. The lowest BCUT2D eigenvalue weighted by Crippen LogP contribution is -2.24. The number of unbranched alkanes of at least 4 members (excludes halogenated alkanes) is 1. The largest absolute Gasteiger partial charge is 0.385 e. The van der Waals surface area contributed by atoms with Gasteiger partial charge in [-0.05, 0) is 31.0 Å². The van der Waals surface area contributed by atoms with Gasteiger partial charge in [0.25, 0.3) is 5.91 Å². The minimum absolute atomic E-state index is 0.121. The Morgan fingerprint density at radius 2 is 2.06 bits per heavy atom. The van der Waals surface area contributed by atoms with Crippen LogP contribution in [-0.2, 0) is 4.74 Å². The van der Waals surface area contributed by atoms with E-state index in [0.717, 1.165) is 25.0 Å². The summed E-state index contributed by atoms with van der Waals surface area (Å²) in [5, 5.41) is 2.62. The number of carbonyl (C=O) groups excluding carboxylic acids is 1. The minimum atomic E-state index is -1.02. The summed E-state index contributed by atoms with van der Waals surface area (Å²) < 4.78 is 30.3. The van der Waals surface area contributed by atoms with Gasteiger partial charge in [0.2, 0.25) is 0 Å². The Labute approximate surface area is 98.8 Å². The van der Waals surface area contributed by atoms with Crippen molar-refractivity contribution in [2.45, 2.75) is 12.8 Å². The lowest BCUT2D eigenvalue weighted by molar-refractivity contribution is 0.0951. The summed E-state index contributed by atoms with van der Waals surface area (Å²) in [4.78, 5) is 11.5. The number of carbonyl (C=O) groups is 1. The van der Waals surface area contributed by atoms with Crippen LogP contribution in [0.15, 0.2) is 18.2 Å². The summed E-state index contributed by atoms with van der Waals surface area (Å²) in [5.74, 6) is -2.38. The first kappa shape index (κ1) is 13.6. The SMILES string of the molecule is COCCCCNC(=O)c1ccc(F)c(F)c1. The Morgan fingerprint density at radius 1 is 1.29 bits per heavy atom. The molecule has 94 valence electrons. The van der Waals surface area contributed by atoms with Crippen molar-refractivity contribution in [2.24, 2.45) is 0 Å². The van der Waals surface area contributed by atoms with Crippen molar-refractivity contribution >= 4 is 5.91 Å². The number of halogens is 2. The average Bonchev–Trinajstić information content (AvgIpc) is 2.32. The molecule has 0 spiro atoms. The van der Waals surface area contributed by atoms with Gasteiger partial charge in [0, 0.05) is 25.8 Å². The first-order valence-corrected chi connectivity index (χ1v) is 5.37. The van der Waals surface area contributed by atoms with Crippen molar-refractivity contribution < 1.29 is 18.3 Å². The van der Waals surface area contributed by atoms with Crippen LogP contribution in [0, 0.1) is 11.6 Å². The maximum absolute atomic E-state index is 12.9. The van der Waals surface area contributed by atoms with Gasteiger partial charge in [-0.15, -0.1) is 0 Å². The molecule has 0 heterocycles. The molecule has 5 heteroatoms. The lowest BCUT2D eigenvalue weighted by atomic mass is 10.2. The van der Waals surface area contributed by atoms with E-state index in [1.54, 1.807) is 7.11 Å². The first-order valence-electron chi connectivity index (χ1n) is 5.37. The molecule has 3 nitrogen and oxygen atoms in total. The third-order valence-electron chi connectivity index (χ3n) is 2.24. The van der Waals surface area contributed by atoms with Crippen LogP contribution in [0.5, 0.6) is 0 Å². The number of amides is 1. The zero-order valence-electron chi connectivity index (χ0n) is 9.63. The quantitative estimate of drug-likeness (QED) is 0.777. The molecule has 0 aliphatic heterocycles. The number of benzene rings is 1. The Morgan fingerprint density at radius 3 is 2.71 bits per heavy atom. The number of ether oxygens (including phenoxy) is 1. The van der Waals surface area contributed by atoms with Crippen LogP contribution in [0.1, 0.15) is 23.2 Å². The van der Waals surface area contributed by atoms with Crippen LogP contribution in [0.2, 0.25) is 0 Å². The van der Waals surface area contributed by atoms with Gasteiger partial charge in [-0.2, -0.15) is 0 Å². The molecule has 0 saturated carbocycles. The van der Waals surface area contributed by atoms with E-state index in [0.29, 0.717) is 13.2 Å². The van der Waals surface area contributed by atoms with Gasteiger partial charge in [0.15, 0.2) is 11.6 Å². The molecule has 0 bridgehead atoms. The van der Waals surface area contributed by atoms with Gasteiger partial charge >= 0.3 is 0 Å². The number of rotatable bonds is 6. The van der Waals surface area contributed by atoms with Crippen LogP contribution >= 0.6 is 0 Å². The first-order chi connectivity index (χ1) is 8.15. The summed E-state index contributed by atoms with van der Waals surface area (Å²) in [6, 6.07) is 3.08. The molecular formula is C12H15F2NO2. The zero-order valence-corrected chi connectivity index (χ0v) is 9.63. The fourth-order valence-corrected chi connectivity index (χ4v) is 1.31. The molecule has 1 amide bonds. The van der Waals surface area contributed by atoms with E-state index in [2.05, 4.69) is 5.32 Å². The van der Waals surface area contributed by atoms with Gasteiger partial charge < -0.3 is 10.1 Å². The Kier molecular flexibility index (Phi) is 5.56. The summed E-state index contributed by atoms with van der Waals surface area (Å²) in [6.07, 6.45) is 1.62. The Hall–Kier alpha value is -1.49. The fraction of sp³-hybridized carbons (Fsp3) is 0.417. The minimum Gasteiger partial charge on any atom is -0.385 e. The molecule has 1 aromatic rings. The highest BCUT2D eigenvalue weighted by atomic mass is 19.2. The van der Waals surface area contributed by atoms with E-state index in [4.69, 9.17) is 4.74 Å². The molecule has 1 rings (SSSR count). The summed E-state index contributed by atoms with van der Waals surface area (Å²) in [6.45, 7) is 1.13. The standard InChI is InChI=1S/C12H15F2NO2/c1-17-7-3-2-6-15-12(16)9-4-5-10(13)11(14)8-9/h4-5,8H,2-3,6-7H2,1H3,(H,15,16). The molecule has 0 unspecified atom stereocenters. The Balaban J connectivity index is 2.39. The molecular weight excluding hydrogens is 228 g/mol. The van der Waals surface area contributed by atoms with Crippen LogP contribution in [0.25, 0.3) is 0 Å². The molecule has 1 aromatic carbocycles. The molecule has 1 N–H and O–H groups in total. The van der Waals surface area contributed by atoms with Crippen LogP contribution < -0.4 is 5.32 Å². The highest BCUT2D eigenvalue weighted by molar-refractivity contribution is 5.94. The summed E-state index contributed by atoms with van der Waals surface area (Å²) in [5.41, 5.74) is 0.121. The van der Waals surface area contributed by atoms with Crippen molar-refractivity contribution in [3.8, 4) is 0 Å². The average molecular weight is 243 g/mol. The predicted molar refractivity (Wildman–Crippen MR) is 59.8 cm³/mol. The zero-order chi connectivity index (χ0) is 12.7. The van der Waals surface area contributed by atoms with E-state index in [1.165, 1.54) is 6.07 Å². The van der Waals surface area contributed by atoms with Gasteiger partial charge in [-0.1, -0.05) is 0 Å². The van der Waals surface area contributed by atoms with Crippen molar-refractivity contribution in [2.75, 3.05) is 20.3 Å². The second-order valence-corrected chi connectivity index (χ2v) is 3.58. The van der Waals surface area contributed by atoms with Crippen molar-refractivity contribution in [3.63, 3.8) is 0 Å². The molecule has 0 atom stereocenters. The van der Waals surface area contributed by atoms with E-state index < -0.39 is 17.5 Å². The number of methoxy groups -OCH3 is 1. The molecule has 0 aliphatic rings. The third kappa shape index (κ3) is 4.48. The molecule has 0 fully saturated rings. The number of hydrogen-bond donors (Lipinski definition) is 1. The monoisotopic (exact) mass is 243 g/mol. The van der Waals surface area contributed by atoms with Crippen molar-refractivity contribution in [3.05, 3.63) is 35.4 Å². The molecule has 0 aliphatic carbocycles. The van der Waals surface area contributed by atoms with Crippen LogP contribution in [0.3, 0.4) is 0 Å². The van der Waals surface area contributed by atoms with Crippen molar-refractivity contribution in [1.82, 2.24) is 5.32 Å². The second-order valence-electron chi connectivity index (χ2n) is 3.58. The molecule has 0 saturated heterocycles. The topological polar surface area (TPSA) is 38.3 Å². The van der Waals surface area contributed by atoms with Gasteiger partial charge in [-0.3, -0.25) is 4.79 Å². The smallest absolute Gasteiger partial charge is 0.251 e. The second kappa shape index (κ2) is 6.96. The van der Waals surface area contributed by atoms with E-state index in [1.807, 2.05) is 0 Å². The van der Waals surface area contributed by atoms with Gasteiger partial charge in [0.05, 0.1) is 0 Å². The number of nitrogens with one attached hydrogen (secondary N) is 1. The summed E-state index contributed by atoms with van der Waals surface area (Å²) >= 11 is 0. The van der Waals surface area contributed by atoms with E-state index in [-0.39, 0.29) is 5.56 Å². The third-order valence-corrected chi connectivity index (χ3v) is 2.24. The number of hydrogen-bond acceptors (Lipinski definition) is 2. The summed E-state index contributed by atoms with van der Waals surface area (Å²) in [7, 11) is 1.61. The maximum Gasteiger partial charge on any atom is 0.251 e. The van der Waals surface area contributed by atoms with Crippen molar-refractivity contribution in [1.29, 1.82) is 0 Å². The van der Waals surface area contributed by atoms with Gasteiger partial charge in [-0.25, -0.2) is 8.78 Å². The molecule has 17 heavy (non-hydrogen) atoms. The van der Waals surface area contributed by atoms with E-state index >= 15 is 0 Å². The molecule has 0 radical (unpaired) electrons. The highest BCUT2D eigenvalue weighted by Crippen LogP contribution is 2.08. The molecule has 0 aromatic heterocycles. The van der Waals surface area contributed by atoms with Gasteiger partial charge in [0.1, 0.15) is 0 Å².